The molecule has 9 nitrogen and oxygen atoms in total. The number of imidazole rings is 1. The van der Waals surface area contributed by atoms with Gasteiger partial charge < -0.3 is 4.74 Å². The molecule has 4 rings (SSSR count). The lowest BCUT2D eigenvalue weighted by Gasteiger charge is -2.11. The number of nitro benzene ring substituents is 1. The van der Waals surface area contributed by atoms with Gasteiger partial charge in [0.2, 0.25) is 0 Å². The van der Waals surface area contributed by atoms with Crippen LogP contribution in [0.3, 0.4) is 0 Å². The monoisotopic (exact) mass is 474 g/mol. The van der Waals surface area contributed by atoms with E-state index < -0.39 is 32.1 Å². The van der Waals surface area contributed by atoms with Crippen molar-refractivity contribution in [3.05, 3.63) is 76.8 Å². The molecule has 12 heteroatoms. The zero-order valence-corrected chi connectivity index (χ0v) is 17.8. The number of hydrogen-bond donors (Lipinski definition) is 1. The van der Waals surface area contributed by atoms with E-state index in [0.29, 0.717) is 11.1 Å². The largest absolute Gasteiger partial charge is 0.497 e. The van der Waals surface area contributed by atoms with E-state index in [-0.39, 0.29) is 22.8 Å². The highest BCUT2D eigenvalue weighted by Gasteiger charge is 2.27. The van der Waals surface area contributed by atoms with Gasteiger partial charge in [0.25, 0.3) is 15.7 Å². The minimum atomic E-state index is -4.32. The van der Waals surface area contributed by atoms with Crippen LogP contribution in [0, 0.1) is 10.1 Å². The Balaban J connectivity index is 1.67. The van der Waals surface area contributed by atoms with Gasteiger partial charge in [-0.25, -0.2) is 13.4 Å². The first-order chi connectivity index (χ1) is 15.7. The molecule has 1 aromatic heterocycles. The minimum Gasteiger partial charge on any atom is -0.497 e. The van der Waals surface area contributed by atoms with E-state index in [1.807, 2.05) is 0 Å². The smallest absolute Gasteiger partial charge is 0.320 e. The molecule has 0 saturated carbocycles. The molecule has 0 aliphatic carbocycles. The second kappa shape index (κ2) is 8.47. The number of aromatic nitrogens is 2. The summed E-state index contributed by atoms with van der Waals surface area (Å²) in [5, 5.41) is 11.3. The fourth-order valence-electron chi connectivity index (χ4n) is 3.34. The highest BCUT2D eigenvalue weighted by atomic mass is 32.2. The fraction of sp³-hybridized carbons (Fsp3) is 0.0952. The van der Waals surface area contributed by atoms with Crippen LogP contribution >= 0.6 is 0 Å². The molecule has 33 heavy (non-hydrogen) atoms. The Labute approximate surface area is 186 Å². The summed E-state index contributed by atoms with van der Waals surface area (Å²) in [4.78, 5) is 14.2. The Morgan fingerprint density at radius 2 is 1.79 bits per heavy atom. The SMILES string of the molecule is COc1ccc(S(=O)(=O)Nc2ccc(-c3nc4ccccc4n3C(F)F)cc2)c([N+](=O)[O-])c1. The number of hydrogen-bond acceptors (Lipinski definition) is 6. The number of halogens is 2. The predicted octanol–water partition coefficient (Wildman–Crippen LogP) is 4.82. The van der Waals surface area contributed by atoms with Gasteiger partial charge >= 0.3 is 6.55 Å². The van der Waals surface area contributed by atoms with Crippen LogP contribution in [0.4, 0.5) is 20.2 Å². The summed E-state index contributed by atoms with van der Waals surface area (Å²) in [7, 11) is -3.02. The van der Waals surface area contributed by atoms with Crippen molar-refractivity contribution in [2.24, 2.45) is 0 Å². The number of sulfonamides is 1. The number of alkyl halides is 2. The molecule has 0 radical (unpaired) electrons. The summed E-state index contributed by atoms with van der Waals surface area (Å²) < 4.78 is 60.9. The molecular formula is C21H16F2N4O5S. The number of rotatable bonds is 7. The highest BCUT2D eigenvalue weighted by molar-refractivity contribution is 7.92. The fourth-order valence-corrected chi connectivity index (χ4v) is 4.55. The van der Waals surface area contributed by atoms with Gasteiger partial charge in [0.15, 0.2) is 4.90 Å². The molecule has 0 saturated heterocycles. The normalized spacial score (nSPS) is 11.6. The van der Waals surface area contributed by atoms with E-state index in [2.05, 4.69) is 9.71 Å². The lowest BCUT2D eigenvalue weighted by atomic mass is 10.2. The van der Waals surface area contributed by atoms with Crippen LogP contribution < -0.4 is 9.46 Å². The van der Waals surface area contributed by atoms with Gasteiger partial charge in [-0.2, -0.15) is 8.78 Å². The van der Waals surface area contributed by atoms with Crippen LogP contribution in [0.25, 0.3) is 22.4 Å². The molecule has 3 aromatic carbocycles. The van der Waals surface area contributed by atoms with Gasteiger partial charge in [-0.05, 0) is 48.5 Å². The molecule has 1 N–H and O–H groups in total. The first kappa shape index (κ1) is 22.1. The van der Waals surface area contributed by atoms with E-state index in [0.717, 1.165) is 16.7 Å². The topological polar surface area (TPSA) is 116 Å². The molecule has 170 valence electrons. The average Bonchev–Trinajstić information content (AvgIpc) is 3.18. The molecule has 1 heterocycles. The molecule has 0 unspecified atom stereocenters. The van der Waals surface area contributed by atoms with Gasteiger partial charge in [-0.15, -0.1) is 0 Å². The number of ether oxygens (including phenoxy) is 1. The molecule has 4 aromatic rings. The van der Waals surface area contributed by atoms with Crippen molar-refractivity contribution < 1.29 is 26.9 Å². The quantitative estimate of drug-likeness (QED) is 0.303. The lowest BCUT2D eigenvalue weighted by Crippen LogP contribution is -2.14. The standard InChI is InChI=1S/C21H16F2N4O5S/c1-32-15-10-11-19(18(12-15)27(28)29)33(30,31)25-14-8-6-13(7-9-14)20-24-16-4-2-3-5-17(16)26(20)21(22)23/h2-12,21,25H,1H3. The Kier molecular flexibility index (Phi) is 5.68. The van der Waals surface area contributed by atoms with Crippen molar-refractivity contribution in [3.8, 4) is 17.1 Å². The van der Waals surface area contributed by atoms with Crippen LogP contribution in [0.1, 0.15) is 6.55 Å². The second-order valence-electron chi connectivity index (χ2n) is 6.85. The number of nitro groups is 1. The summed E-state index contributed by atoms with van der Waals surface area (Å²) in [6, 6.07) is 15.4. The van der Waals surface area contributed by atoms with Gasteiger partial charge in [-0.1, -0.05) is 12.1 Å². The Morgan fingerprint density at radius 3 is 2.42 bits per heavy atom. The van der Waals surface area contributed by atoms with Crippen molar-refractivity contribution in [3.63, 3.8) is 0 Å². The third-order valence-corrected chi connectivity index (χ3v) is 6.27. The van der Waals surface area contributed by atoms with E-state index in [9.17, 15) is 27.3 Å². The number of para-hydroxylation sites is 2. The maximum Gasteiger partial charge on any atom is 0.320 e. The van der Waals surface area contributed by atoms with Crippen LogP contribution in [0.15, 0.2) is 71.6 Å². The van der Waals surface area contributed by atoms with E-state index in [1.165, 1.54) is 43.5 Å². The third-order valence-electron chi connectivity index (χ3n) is 4.84. The predicted molar refractivity (Wildman–Crippen MR) is 117 cm³/mol. The number of fused-ring (bicyclic) bond motifs is 1. The maximum atomic E-state index is 13.7. The van der Waals surface area contributed by atoms with E-state index in [1.54, 1.807) is 18.2 Å². The van der Waals surface area contributed by atoms with Crippen LogP contribution in [-0.2, 0) is 10.0 Å². The van der Waals surface area contributed by atoms with Crippen LogP contribution in [-0.4, -0.2) is 30.0 Å². The molecule has 0 amide bonds. The first-order valence-electron chi connectivity index (χ1n) is 9.42. The van der Waals surface area contributed by atoms with Crippen molar-refractivity contribution in [1.82, 2.24) is 9.55 Å². The average molecular weight is 474 g/mol. The Hall–Kier alpha value is -4.06. The summed E-state index contributed by atoms with van der Waals surface area (Å²) >= 11 is 0. The first-order valence-corrected chi connectivity index (χ1v) is 10.9. The number of methoxy groups -OCH3 is 1. The van der Waals surface area contributed by atoms with Gasteiger partial charge in [-0.3, -0.25) is 19.4 Å². The molecule has 0 bridgehead atoms. The molecule has 0 aliphatic rings. The van der Waals surface area contributed by atoms with Gasteiger partial charge in [0.1, 0.15) is 11.6 Å². The van der Waals surface area contributed by atoms with Crippen molar-refractivity contribution >= 4 is 32.4 Å². The number of anilines is 1. The van der Waals surface area contributed by atoms with Crippen molar-refractivity contribution in [2.75, 3.05) is 11.8 Å². The maximum absolute atomic E-state index is 13.7. The van der Waals surface area contributed by atoms with Crippen LogP contribution in [0.5, 0.6) is 5.75 Å². The number of nitrogens with one attached hydrogen (secondary N) is 1. The van der Waals surface area contributed by atoms with Crippen LogP contribution in [0.2, 0.25) is 0 Å². The molecule has 0 atom stereocenters. The van der Waals surface area contributed by atoms with Gasteiger partial charge in [0, 0.05) is 11.3 Å². The number of benzene rings is 3. The number of nitrogens with zero attached hydrogens (tertiary/aromatic N) is 3. The molecular weight excluding hydrogens is 458 g/mol. The summed E-state index contributed by atoms with van der Waals surface area (Å²) in [5.41, 5.74) is 0.432. The molecule has 0 spiro atoms. The zero-order valence-electron chi connectivity index (χ0n) is 17.0. The van der Waals surface area contributed by atoms with Gasteiger partial charge in [0.05, 0.1) is 29.1 Å². The summed E-state index contributed by atoms with van der Waals surface area (Å²) in [6.07, 6.45) is 0. The minimum absolute atomic E-state index is 0.0198. The highest BCUT2D eigenvalue weighted by Crippen LogP contribution is 2.32. The van der Waals surface area contributed by atoms with Crippen molar-refractivity contribution in [2.45, 2.75) is 11.4 Å². The Bertz CT molecular complexity index is 1450. The van der Waals surface area contributed by atoms with E-state index >= 15 is 0 Å². The Morgan fingerprint density at radius 1 is 1.09 bits per heavy atom. The lowest BCUT2D eigenvalue weighted by molar-refractivity contribution is -0.387. The van der Waals surface area contributed by atoms with E-state index in [4.69, 9.17) is 4.74 Å². The second-order valence-corrected chi connectivity index (χ2v) is 8.50. The summed E-state index contributed by atoms with van der Waals surface area (Å²) in [6.45, 7) is -2.83. The molecule has 0 aliphatic heterocycles. The van der Waals surface area contributed by atoms with Crippen molar-refractivity contribution in [1.29, 1.82) is 0 Å². The summed E-state index contributed by atoms with van der Waals surface area (Å²) in [5.74, 6) is 0.151. The molecule has 0 fully saturated rings. The zero-order chi connectivity index (χ0) is 23.8. The third kappa shape index (κ3) is 4.20.